The molecular formula is C18H22N6OS. The third kappa shape index (κ3) is 3.55. The lowest BCUT2D eigenvalue weighted by molar-refractivity contribution is -0.125. The lowest BCUT2D eigenvalue weighted by Gasteiger charge is -2.32. The lowest BCUT2D eigenvalue weighted by atomic mass is 9.97. The Labute approximate surface area is 156 Å². The number of anilines is 1. The second-order valence-corrected chi connectivity index (χ2v) is 7.65. The van der Waals surface area contributed by atoms with E-state index in [9.17, 15) is 4.79 Å². The van der Waals surface area contributed by atoms with E-state index >= 15 is 0 Å². The van der Waals surface area contributed by atoms with E-state index in [2.05, 4.69) is 37.0 Å². The maximum absolute atomic E-state index is 12.5. The van der Waals surface area contributed by atoms with E-state index in [-0.39, 0.29) is 11.8 Å². The van der Waals surface area contributed by atoms with Crippen LogP contribution in [0.4, 0.5) is 5.82 Å². The monoisotopic (exact) mass is 370 g/mol. The summed E-state index contributed by atoms with van der Waals surface area (Å²) >= 11 is 1.73. The molecule has 3 aromatic heterocycles. The van der Waals surface area contributed by atoms with Crippen molar-refractivity contribution >= 4 is 28.7 Å². The molecule has 1 aliphatic heterocycles. The van der Waals surface area contributed by atoms with E-state index in [0.29, 0.717) is 13.1 Å². The van der Waals surface area contributed by atoms with Crippen molar-refractivity contribution < 1.29 is 4.79 Å². The van der Waals surface area contributed by atoms with Gasteiger partial charge in [0.1, 0.15) is 5.82 Å². The molecule has 0 radical (unpaired) electrons. The van der Waals surface area contributed by atoms with Crippen LogP contribution in [0.2, 0.25) is 0 Å². The number of carbonyl (C=O) groups excluding carboxylic acids is 1. The topological polar surface area (TPSA) is 75.4 Å². The molecule has 0 saturated carbocycles. The normalized spacial score (nSPS) is 17.6. The fourth-order valence-corrected chi connectivity index (χ4v) is 4.07. The maximum atomic E-state index is 12.5. The molecule has 0 aromatic carbocycles. The highest BCUT2D eigenvalue weighted by atomic mass is 32.1. The standard InChI is InChI=1S/C18H22N6OS/c1-13-20-21-16-6-7-17(22-24(13)16)23-10-2-4-14(12-23)18(25)19-9-8-15-5-3-11-26-15/h3,5-7,11,14H,2,4,8-10,12H2,1H3,(H,19,25)/t14-/m0/s1. The Morgan fingerprint density at radius 1 is 1.35 bits per heavy atom. The lowest BCUT2D eigenvalue weighted by Crippen LogP contribution is -2.43. The summed E-state index contributed by atoms with van der Waals surface area (Å²) < 4.78 is 1.75. The predicted octanol–water partition coefficient (Wildman–Crippen LogP) is 2.07. The minimum Gasteiger partial charge on any atom is -0.355 e. The van der Waals surface area contributed by atoms with Crippen molar-refractivity contribution in [1.82, 2.24) is 25.1 Å². The number of rotatable bonds is 5. The van der Waals surface area contributed by atoms with E-state index in [1.54, 1.807) is 15.9 Å². The zero-order chi connectivity index (χ0) is 17.9. The van der Waals surface area contributed by atoms with Crippen molar-refractivity contribution in [2.24, 2.45) is 5.92 Å². The van der Waals surface area contributed by atoms with Crippen LogP contribution in [0.25, 0.3) is 5.65 Å². The SMILES string of the molecule is Cc1nnc2ccc(N3CCC[C@H](C(=O)NCCc4cccs4)C3)nn12. The number of aromatic nitrogens is 4. The van der Waals surface area contributed by atoms with Crippen LogP contribution in [-0.2, 0) is 11.2 Å². The molecule has 1 N–H and O–H groups in total. The Hall–Kier alpha value is -2.48. The van der Waals surface area contributed by atoms with Crippen LogP contribution < -0.4 is 10.2 Å². The number of carbonyl (C=O) groups is 1. The first-order valence-electron chi connectivity index (χ1n) is 8.95. The predicted molar refractivity (Wildman–Crippen MR) is 101 cm³/mol. The fraction of sp³-hybridized carbons (Fsp3) is 0.444. The summed E-state index contributed by atoms with van der Waals surface area (Å²) in [6, 6.07) is 8.03. The number of thiophene rings is 1. The summed E-state index contributed by atoms with van der Waals surface area (Å²) in [5, 5.41) is 17.9. The van der Waals surface area contributed by atoms with Crippen molar-refractivity contribution in [3.05, 3.63) is 40.3 Å². The van der Waals surface area contributed by atoms with Crippen molar-refractivity contribution in [1.29, 1.82) is 0 Å². The summed E-state index contributed by atoms with van der Waals surface area (Å²) in [6.07, 6.45) is 2.81. The van der Waals surface area contributed by atoms with Gasteiger partial charge >= 0.3 is 0 Å². The van der Waals surface area contributed by atoms with Gasteiger partial charge in [-0.15, -0.1) is 26.6 Å². The molecule has 0 aliphatic carbocycles. The van der Waals surface area contributed by atoms with Crippen molar-refractivity contribution in [3.63, 3.8) is 0 Å². The molecule has 4 heterocycles. The Balaban J connectivity index is 1.38. The number of hydrogen-bond acceptors (Lipinski definition) is 6. The number of aryl methyl sites for hydroxylation is 1. The Kier molecular flexibility index (Phi) is 4.83. The van der Waals surface area contributed by atoms with Crippen LogP contribution in [0.3, 0.4) is 0 Å². The zero-order valence-electron chi connectivity index (χ0n) is 14.8. The molecule has 136 valence electrons. The molecule has 8 heteroatoms. The maximum Gasteiger partial charge on any atom is 0.224 e. The molecule has 1 amide bonds. The summed E-state index contributed by atoms with van der Waals surface area (Å²) in [5.41, 5.74) is 0.742. The first-order valence-corrected chi connectivity index (χ1v) is 9.83. The van der Waals surface area contributed by atoms with Crippen molar-refractivity contribution in [2.45, 2.75) is 26.2 Å². The molecule has 7 nitrogen and oxygen atoms in total. The molecular weight excluding hydrogens is 348 g/mol. The van der Waals surface area contributed by atoms with Gasteiger partial charge < -0.3 is 10.2 Å². The van der Waals surface area contributed by atoms with Gasteiger partial charge in [0.2, 0.25) is 5.91 Å². The van der Waals surface area contributed by atoms with Crippen molar-refractivity contribution in [3.8, 4) is 0 Å². The molecule has 1 fully saturated rings. The highest BCUT2D eigenvalue weighted by molar-refractivity contribution is 7.09. The van der Waals surface area contributed by atoms with Gasteiger partial charge in [-0.05, 0) is 49.8 Å². The summed E-state index contributed by atoms with van der Waals surface area (Å²) in [7, 11) is 0. The molecule has 1 aliphatic rings. The van der Waals surface area contributed by atoms with Gasteiger partial charge in [-0.25, -0.2) is 0 Å². The van der Waals surface area contributed by atoms with E-state index in [0.717, 1.165) is 43.1 Å². The largest absolute Gasteiger partial charge is 0.355 e. The van der Waals surface area contributed by atoms with Gasteiger partial charge in [0.15, 0.2) is 11.5 Å². The van der Waals surface area contributed by atoms with Crippen LogP contribution in [0.1, 0.15) is 23.5 Å². The minimum atomic E-state index is 0.00610. The number of hydrogen-bond donors (Lipinski definition) is 1. The zero-order valence-corrected chi connectivity index (χ0v) is 15.6. The third-order valence-electron chi connectivity index (χ3n) is 4.77. The molecule has 0 bridgehead atoms. The van der Waals surface area contributed by atoms with Crippen LogP contribution in [0.5, 0.6) is 0 Å². The molecule has 26 heavy (non-hydrogen) atoms. The number of piperidine rings is 1. The van der Waals surface area contributed by atoms with Gasteiger partial charge in [0.25, 0.3) is 0 Å². The molecule has 1 atom stereocenters. The minimum absolute atomic E-state index is 0.00610. The van der Waals surface area contributed by atoms with Crippen LogP contribution in [0.15, 0.2) is 29.6 Å². The molecule has 1 saturated heterocycles. The average Bonchev–Trinajstić information content (AvgIpc) is 3.32. The summed E-state index contributed by atoms with van der Waals surface area (Å²) in [5.74, 6) is 1.79. The van der Waals surface area contributed by atoms with E-state index in [1.807, 2.05) is 25.1 Å². The highest BCUT2D eigenvalue weighted by Gasteiger charge is 2.26. The molecule has 0 spiro atoms. The number of nitrogens with one attached hydrogen (secondary N) is 1. The van der Waals surface area contributed by atoms with E-state index in [1.165, 1.54) is 4.88 Å². The first-order chi connectivity index (χ1) is 12.7. The third-order valence-corrected chi connectivity index (χ3v) is 5.71. The quantitative estimate of drug-likeness (QED) is 0.744. The van der Waals surface area contributed by atoms with Crippen LogP contribution in [-0.4, -0.2) is 45.4 Å². The van der Waals surface area contributed by atoms with Gasteiger partial charge in [0.05, 0.1) is 5.92 Å². The van der Waals surface area contributed by atoms with Gasteiger partial charge in [-0.2, -0.15) is 4.52 Å². The Bertz CT molecular complexity index is 890. The van der Waals surface area contributed by atoms with Crippen LogP contribution in [0, 0.1) is 12.8 Å². The number of amides is 1. The van der Waals surface area contributed by atoms with E-state index < -0.39 is 0 Å². The highest BCUT2D eigenvalue weighted by Crippen LogP contribution is 2.22. The second kappa shape index (κ2) is 7.41. The van der Waals surface area contributed by atoms with Gasteiger partial charge in [-0.3, -0.25) is 4.79 Å². The summed E-state index contributed by atoms with van der Waals surface area (Å²) in [4.78, 5) is 16.0. The molecule has 0 unspecified atom stereocenters. The Morgan fingerprint density at radius 2 is 2.27 bits per heavy atom. The first kappa shape index (κ1) is 17.0. The molecule has 3 aromatic rings. The van der Waals surface area contributed by atoms with Gasteiger partial charge in [0, 0.05) is 24.5 Å². The molecule has 4 rings (SSSR count). The van der Waals surface area contributed by atoms with E-state index in [4.69, 9.17) is 0 Å². The van der Waals surface area contributed by atoms with Crippen molar-refractivity contribution in [2.75, 3.05) is 24.5 Å². The fourth-order valence-electron chi connectivity index (χ4n) is 3.36. The average molecular weight is 370 g/mol. The number of fused-ring (bicyclic) bond motifs is 1. The Morgan fingerprint density at radius 3 is 3.12 bits per heavy atom. The van der Waals surface area contributed by atoms with Gasteiger partial charge in [-0.1, -0.05) is 6.07 Å². The van der Waals surface area contributed by atoms with Crippen LogP contribution >= 0.6 is 11.3 Å². The second-order valence-electron chi connectivity index (χ2n) is 6.61. The number of nitrogens with zero attached hydrogens (tertiary/aromatic N) is 5. The summed E-state index contributed by atoms with van der Waals surface area (Å²) in [6.45, 7) is 4.19. The smallest absolute Gasteiger partial charge is 0.224 e.